The normalized spacial score (nSPS) is 25.6. The van der Waals surface area contributed by atoms with Gasteiger partial charge in [-0.25, -0.2) is 0 Å². The van der Waals surface area contributed by atoms with Gasteiger partial charge < -0.3 is 0 Å². The lowest BCUT2D eigenvalue weighted by atomic mass is 9.41. The highest BCUT2D eigenvalue weighted by molar-refractivity contribution is 6.21. The topological polar surface area (TPSA) is 37.4 Å². The number of carbonyl (C=O) groups is 2. The molecule has 1 atom stereocenters. The predicted molar refractivity (Wildman–Crippen MR) is 175 cm³/mol. The van der Waals surface area contributed by atoms with Crippen LogP contribution in [0.3, 0.4) is 0 Å². The number of hydrogen-bond donors (Lipinski definition) is 0. The van der Waals surface area contributed by atoms with Gasteiger partial charge in [-0.3, -0.25) is 14.5 Å². The summed E-state index contributed by atoms with van der Waals surface area (Å²) in [7, 11) is 0. The number of benzene rings is 6. The van der Waals surface area contributed by atoms with Crippen molar-refractivity contribution < 1.29 is 9.59 Å². The second kappa shape index (κ2) is 8.46. The maximum absolute atomic E-state index is 16.0. The molecule has 13 rings (SSSR count). The summed E-state index contributed by atoms with van der Waals surface area (Å²) >= 11 is 0. The Kier molecular flexibility index (Phi) is 4.71. The molecule has 1 heterocycles. The van der Waals surface area contributed by atoms with E-state index in [1.54, 1.807) is 4.90 Å². The summed E-state index contributed by atoms with van der Waals surface area (Å²) in [6, 6.07) is 47.8. The van der Waals surface area contributed by atoms with Crippen molar-refractivity contribution in [2.24, 2.45) is 0 Å². The average Bonchev–Trinajstić information content (AvgIpc) is 3.27. The summed E-state index contributed by atoms with van der Waals surface area (Å²) in [6.07, 6.45) is 0. The average molecular weight is 580 g/mol. The van der Waals surface area contributed by atoms with E-state index in [2.05, 4.69) is 97.1 Å². The molecule has 0 unspecified atom stereocenters. The fourth-order valence-electron chi connectivity index (χ4n) is 9.93. The van der Waals surface area contributed by atoms with Gasteiger partial charge in [0.1, 0.15) is 10.8 Å². The number of carbonyl (C=O) groups excluding carboxylic acids is 2. The first kappa shape index (κ1) is 25.1. The van der Waals surface area contributed by atoms with E-state index in [9.17, 15) is 0 Å². The monoisotopic (exact) mass is 579 g/mol. The van der Waals surface area contributed by atoms with Gasteiger partial charge in [0.2, 0.25) is 11.8 Å². The Morgan fingerprint density at radius 3 is 1.33 bits per heavy atom. The molecule has 1 fully saturated rings. The minimum atomic E-state index is -1.27. The maximum Gasteiger partial charge on any atom is 0.246 e. The van der Waals surface area contributed by atoms with E-state index in [0.29, 0.717) is 0 Å². The molecular weight excluding hydrogens is 550 g/mol. The van der Waals surface area contributed by atoms with Crippen LogP contribution in [0, 0.1) is 0 Å². The van der Waals surface area contributed by atoms with Gasteiger partial charge in [-0.2, -0.15) is 0 Å². The van der Waals surface area contributed by atoms with Crippen molar-refractivity contribution >= 4 is 22.6 Å². The Labute approximate surface area is 261 Å². The van der Waals surface area contributed by atoms with Crippen LogP contribution in [0.2, 0.25) is 0 Å². The standard InChI is InChI=1S/C42H29NO2/c1-25(27-20-12-14-26-13-2-3-15-28(26)27)43-39(44)41-33-21-8-4-16-29(33)37(30-17-5-9-22-34(30)41)38-31-18-6-10-23-35(31)42(41,40(43)45)36-24-11-7-19-32(36)38/h2-25,37-38H,1H3/t25-,37?,38?,41?,42?/m0/s1. The quantitative estimate of drug-likeness (QED) is 0.194. The molecule has 0 saturated carbocycles. The van der Waals surface area contributed by atoms with E-state index in [1.807, 2.05) is 49.4 Å². The maximum atomic E-state index is 16.0. The van der Waals surface area contributed by atoms with Crippen molar-refractivity contribution in [3.8, 4) is 0 Å². The lowest BCUT2D eigenvalue weighted by Gasteiger charge is -2.57. The third kappa shape index (κ3) is 2.64. The Hall–Kier alpha value is -5.28. The molecule has 0 radical (unpaired) electrons. The first-order valence-electron chi connectivity index (χ1n) is 15.8. The van der Waals surface area contributed by atoms with Crippen LogP contribution in [0.4, 0.5) is 0 Å². The van der Waals surface area contributed by atoms with Crippen molar-refractivity contribution in [1.29, 1.82) is 0 Å². The van der Waals surface area contributed by atoms with E-state index in [4.69, 9.17) is 0 Å². The van der Waals surface area contributed by atoms with Crippen LogP contribution < -0.4 is 0 Å². The van der Waals surface area contributed by atoms with Gasteiger partial charge in [0, 0.05) is 11.8 Å². The molecule has 6 aliphatic carbocycles. The zero-order chi connectivity index (χ0) is 30.1. The van der Waals surface area contributed by atoms with Crippen molar-refractivity contribution in [1.82, 2.24) is 4.90 Å². The van der Waals surface area contributed by atoms with E-state index < -0.39 is 16.9 Å². The van der Waals surface area contributed by atoms with Crippen molar-refractivity contribution in [2.45, 2.75) is 35.6 Å². The number of likely N-dealkylation sites (tertiary alicyclic amines) is 1. The molecule has 4 bridgehead atoms. The van der Waals surface area contributed by atoms with Gasteiger partial charge in [0.15, 0.2) is 0 Å². The molecule has 6 aromatic carbocycles. The zero-order valence-corrected chi connectivity index (χ0v) is 24.8. The molecule has 0 aromatic heterocycles. The predicted octanol–water partition coefficient (Wildman–Crippen LogP) is 8.15. The minimum absolute atomic E-state index is 0.0102. The smallest absolute Gasteiger partial charge is 0.246 e. The van der Waals surface area contributed by atoms with Crippen LogP contribution in [0.1, 0.15) is 74.9 Å². The Balaban J connectivity index is 1.40. The number of imide groups is 1. The van der Waals surface area contributed by atoms with E-state index >= 15 is 9.59 Å². The Bertz CT molecular complexity index is 2060. The SMILES string of the molecule is C[C@@H](c1cccc2ccccc12)N1C(=O)C23c4ccccc4C(c4ccccc42)C2c4ccccc4C3(C1=O)c1ccccc12. The van der Waals surface area contributed by atoms with Gasteiger partial charge in [-0.05, 0) is 67.8 Å². The molecule has 45 heavy (non-hydrogen) atoms. The first-order valence-corrected chi connectivity index (χ1v) is 15.8. The number of amides is 2. The third-order valence-corrected chi connectivity index (χ3v) is 11.4. The highest BCUT2D eigenvalue weighted by Gasteiger charge is 2.77. The second-order valence-corrected chi connectivity index (χ2v) is 13.0. The summed E-state index contributed by atoms with van der Waals surface area (Å²) in [6.45, 7) is 2.02. The van der Waals surface area contributed by atoms with Crippen LogP contribution in [-0.4, -0.2) is 16.7 Å². The molecule has 214 valence electrons. The van der Waals surface area contributed by atoms with E-state index in [1.165, 1.54) is 0 Å². The molecular formula is C42H29NO2. The number of fused-ring (bicyclic) bond motifs is 1. The fourth-order valence-corrected chi connectivity index (χ4v) is 9.93. The van der Waals surface area contributed by atoms with E-state index in [0.717, 1.165) is 60.8 Å². The van der Waals surface area contributed by atoms with E-state index in [-0.39, 0.29) is 23.7 Å². The summed E-state index contributed by atoms with van der Waals surface area (Å²) < 4.78 is 0. The molecule has 7 aliphatic rings. The lowest BCUT2D eigenvalue weighted by molar-refractivity contribution is -0.142. The largest absolute Gasteiger partial charge is 0.273 e. The first-order chi connectivity index (χ1) is 22.1. The lowest BCUT2D eigenvalue weighted by Crippen LogP contribution is -2.60. The van der Waals surface area contributed by atoms with Crippen LogP contribution in [0.15, 0.2) is 140 Å². The van der Waals surface area contributed by atoms with Gasteiger partial charge in [-0.15, -0.1) is 0 Å². The molecule has 2 amide bonds. The number of rotatable bonds is 2. The Morgan fingerprint density at radius 1 is 0.489 bits per heavy atom. The van der Waals surface area contributed by atoms with Gasteiger partial charge in [-0.1, -0.05) is 140 Å². The van der Waals surface area contributed by atoms with Gasteiger partial charge >= 0.3 is 0 Å². The molecule has 0 N–H and O–H groups in total. The van der Waals surface area contributed by atoms with Crippen molar-refractivity contribution in [3.63, 3.8) is 0 Å². The van der Waals surface area contributed by atoms with Crippen molar-refractivity contribution in [3.05, 3.63) is 190 Å². The van der Waals surface area contributed by atoms with Crippen LogP contribution >= 0.6 is 0 Å². The second-order valence-electron chi connectivity index (χ2n) is 13.0. The van der Waals surface area contributed by atoms with Gasteiger partial charge in [0.25, 0.3) is 0 Å². The highest BCUT2D eigenvalue weighted by atomic mass is 16.2. The summed E-state index contributed by atoms with van der Waals surface area (Å²) in [5, 5.41) is 2.15. The summed E-state index contributed by atoms with van der Waals surface area (Å²) in [4.78, 5) is 33.6. The number of hydrogen-bond acceptors (Lipinski definition) is 2. The Morgan fingerprint density at radius 2 is 0.867 bits per heavy atom. The highest BCUT2D eigenvalue weighted by Crippen LogP contribution is 2.71. The molecule has 3 nitrogen and oxygen atoms in total. The third-order valence-electron chi connectivity index (χ3n) is 11.4. The van der Waals surface area contributed by atoms with Crippen LogP contribution in [0.5, 0.6) is 0 Å². The molecule has 1 saturated heterocycles. The molecule has 3 heteroatoms. The summed E-state index contributed by atoms with van der Waals surface area (Å²) in [5.41, 5.74) is 6.89. The summed E-state index contributed by atoms with van der Waals surface area (Å²) in [5.74, 6) is -0.264. The molecule has 6 aromatic rings. The minimum Gasteiger partial charge on any atom is -0.273 e. The molecule has 1 aliphatic heterocycles. The van der Waals surface area contributed by atoms with Crippen LogP contribution in [0.25, 0.3) is 10.8 Å². The molecule has 2 spiro atoms. The number of nitrogens with zero attached hydrogens (tertiary/aromatic N) is 1. The van der Waals surface area contributed by atoms with Gasteiger partial charge in [0.05, 0.1) is 6.04 Å². The zero-order valence-electron chi connectivity index (χ0n) is 24.8. The van der Waals surface area contributed by atoms with Crippen LogP contribution in [-0.2, 0) is 20.4 Å². The fraction of sp³-hybridized carbons (Fsp3) is 0.143. The van der Waals surface area contributed by atoms with Crippen molar-refractivity contribution in [2.75, 3.05) is 0 Å².